The second-order valence-corrected chi connectivity index (χ2v) is 7.24. The molecule has 2 nitrogen and oxygen atoms in total. The van der Waals surface area contributed by atoms with E-state index in [1.54, 1.807) is 36.1 Å². The smallest absolute Gasteiger partial charge is 0.220 e. The Kier molecular flexibility index (Phi) is 3.20. The molecule has 0 spiro atoms. The fourth-order valence-electron chi connectivity index (χ4n) is 3.60. The maximum absolute atomic E-state index is 8.64. The van der Waals surface area contributed by atoms with Crippen LogP contribution in [0.4, 0.5) is 0 Å². The van der Waals surface area contributed by atoms with Gasteiger partial charge in [0.1, 0.15) is 8.42 Å². The number of fused-ring (bicyclic) bond motifs is 1. The lowest BCUT2D eigenvalue weighted by molar-refractivity contribution is -0.659. The maximum atomic E-state index is 8.64. The van der Waals surface area contributed by atoms with Crippen LogP contribution in [0.1, 0.15) is 44.6 Å². The fraction of sp³-hybridized carbons (Fsp3) is 0.231. The third-order valence-corrected chi connectivity index (χ3v) is 5.32. The first kappa shape index (κ1) is 12.5. The number of nitrogens with zero attached hydrogens (tertiary/aromatic N) is 2. The topological polar surface area (TPSA) is 16.8 Å². The van der Waals surface area contributed by atoms with Crippen LogP contribution in [0.5, 0.6) is 0 Å². The Balaban J connectivity index is 2.06. The average Bonchev–Trinajstić information content (AvgIpc) is 2.79. The third-order valence-electron chi connectivity index (χ3n) is 5.32. The van der Waals surface area contributed by atoms with Crippen molar-refractivity contribution in [2.75, 3.05) is 0 Å². The number of pyridine rings is 2. The molecule has 4 rings (SSSR count). The van der Waals surface area contributed by atoms with Crippen molar-refractivity contribution in [1.29, 1.82) is 0 Å². The summed E-state index contributed by atoms with van der Waals surface area (Å²) in [6.45, 7) is 2.77. The summed E-state index contributed by atoms with van der Waals surface area (Å²) in [7, 11) is 1.75. The van der Waals surface area contributed by atoms with Gasteiger partial charge in [0.2, 0.25) is 5.69 Å². The van der Waals surface area contributed by atoms with Gasteiger partial charge in [-0.1, -0.05) is 32.0 Å². The molecule has 0 saturated carbocycles. The van der Waals surface area contributed by atoms with Crippen LogP contribution in [0.15, 0.2) is 67.1 Å². The Morgan fingerprint density at radius 2 is 2.00 bits per heavy atom. The molecule has 4 aromatic rings. The van der Waals surface area contributed by atoms with Gasteiger partial charge in [-0.25, -0.2) is 4.57 Å². The minimum absolute atomic E-state index is 0.0535. The first-order chi connectivity index (χ1) is 15.8. The number of benzene rings is 2. The average molecular weight is 374 g/mol. The van der Waals surface area contributed by atoms with Gasteiger partial charge < -0.3 is 0 Å². The summed E-state index contributed by atoms with van der Waals surface area (Å²) in [5, 5.41) is 1.42. The number of aryl methyl sites for hydroxylation is 1. The van der Waals surface area contributed by atoms with Crippen LogP contribution in [-0.2, 0) is 7.05 Å². The van der Waals surface area contributed by atoms with Crippen LogP contribution in [0.3, 0.4) is 0 Å². The largest absolute Gasteiger partial charge is 0.264 e. The van der Waals surface area contributed by atoms with Gasteiger partial charge in [-0.05, 0) is 71.6 Å². The summed E-state index contributed by atoms with van der Waals surface area (Å²) < 4.78 is 51.2. The highest BCUT2D eigenvalue weighted by Crippen LogP contribution is 2.33. The predicted octanol–water partition coefficient (Wildman–Crippen LogP) is 6.13. The van der Waals surface area contributed by atoms with E-state index < -0.39 is 12.7 Å². The van der Waals surface area contributed by atoms with Gasteiger partial charge >= 0.3 is 0 Å². The molecule has 0 fully saturated rings. The summed E-state index contributed by atoms with van der Waals surface area (Å²) in [6.07, 6.45) is 3.52. The van der Waals surface area contributed by atoms with Crippen LogP contribution in [-0.4, -0.2) is 4.98 Å². The Hall–Kier alpha value is -3.00. The van der Waals surface area contributed by atoms with E-state index in [1.807, 2.05) is 44.2 Å². The zero-order valence-electron chi connectivity index (χ0n) is 22.6. The zero-order chi connectivity index (χ0) is 25.0. The monoisotopic (exact) mass is 373 g/mol. The van der Waals surface area contributed by atoms with Gasteiger partial charge in [-0.3, -0.25) is 4.98 Å². The summed E-state index contributed by atoms with van der Waals surface area (Å²) >= 11 is 0. The first-order valence-electron chi connectivity index (χ1n) is 12.3. The van der Waals surface area contributed by atoms with Gasteiger partial charge in [0, 0.05) is 29.5 Å². The highest BCUT2D eigenvalue weighted by Gasteiger charge is 2.19. The van der Waals surface area contributed by atoms with Gasteiger partial charge in [-0.2, -0.15) is 0 Å². The van der Waals surface area contributed by atoms with Crippen molar-refractivity contribution >= 4 is 10.8 Å². The van der Waals surface area contributed by atoms with Gasteiger partial charge in [0.25, 0.3) is 0 Å². The fourth-order valence-corrected chi connectivity index (χ4v) is 3.60. The molecule has 0 bridgehead atoms. The summed E-state index contributed by atoms with van der Waals surface area (Å²) in [6, 6.07) is 13.3. The quantitative estimate of drug-likeness (QED) is 0.395. The van der Waals surface area contributed by atoms with E-state index in [9.17, 15) is 0 Å². The molecular formula is C26H27N2+. The zero-order valence-corrected chi connectivity index (χ0v) is 16.6. The van der Waals surface area contributed by atoms with Crippen molar-refractivity contribution in [3.05, 3.63) is 83.8 Å². The SMILES string of the molecule is [2H]c1c([2H])[n+](C)c(-c2cc(C([2H])(C)C([2H])([2H])[2H])cc(C)c2C)c2ccc(-c3cccnc3)cc12. The van der Waals surface area contributed by atoms with Crippen molar-refractivity contribution in [1.82, 2.24) is 4.98 Å². The Morgan fingerprint density at radius 1 is 1.14 bits per heavy atom. The van der Waals surface area contributed by atoms with Crippen LogP contribution < -0.4 is 4.57 Å². The standard InChI is InChI=1S/C26H27N2/c1-17(2)23-13-18(3)19(4)25(15-23)26-24-9-8-20(22-7-6-11-27-16-22)14-21(24)10-12-28(26)5/h6-17H,1-5H3/q+1/i1D3,10D,12D,17D. The number of rotatable bonds is 3. The molecule has 0 aliphatic heterocycles. The lowest BCUT2D eigenvalue weighted by Crippen LogP contribution is -2.30. The van der Waals surface area contributed by atoms with Crippen LogP contribution in [0.25, 0.3) is 33.2 Å². The number of aromatic nitrogens is 2. The maximum Gasteiger partial charge on any atom is 0.220 e. The van der Waals surface area contributed by atoms with Gasteiger partial charge in [-0.15, -0.1) is 0 Å². The molecule has 0 aliphatic carbocycles. The van der Waals surface area contributed by atoms with Crippen molar-refractivity contribution in [2.24, 2.45) is 7.05 Å². The van der Waals surface area contributed by atoms with Crippen LogP contribution in [0.2, 0.25) is 0 Å². The minimum Gasteiger partial charge on any atom is -0.264 e. The van der Waals surface area contributed by atoms with E-state index in [-0.39, 0.29) is 12.2 Å². The molecule has 2 heterocycles. The highest BCUT2D eigenvalue weighted by atomic mass is 14.9. The molecular weight excluding hydrogens is 340 g/mol. The van der Waals surface area contributed by atoms with Gasteiger partial charge in [0.05, 0.1) is 12.3 Å². The normalized spacial score (nSPS) is 17.0. The number of hydrogen-bond donors (Lipinski definition) is 0. The number of hydrogen-bond acceptors (Lipinski definition) is 1. The van der Waals surface area contributed by atoms with Crippen molar-refractivity contribution < 1.29 is 12.8 Å². The molecule has 0 aliphatic rings. The van der Waals surface area contributed by atoms with E-state index in [0.717, 1.165) is 38.9 Å². The van der Waals surface area contributed by atoms with E-state index in [1.165, 1.54) is 6.92 Å². The van der Waals surface area contributed by atoms with Crippen LogP contribution in [0, 0.1) is 13.8 Å². The van der Waals surface area contributed by atoms with E-state index in [0.29, 0.717) is 10.9 Å². The molecule has 28 heavy (non-hydrogen) atoms. The van der Waals surface area contributed by atoms with Crippen molar-refractivity contribution in [2.45, 2.75) is 33.5 Å². The van der Waals surface area contributed by atoms with Crippen LogP contribution >= 0.6 is 0 Å². The van der Waals surface area contributed by atoms with E-state index in [2.05, 4.69) is 4.98 Å². The Bertz CT molecular complexity index is 1410. The molecule has 0 N–H and O–H groups in total. The predicted molar refractivity (Wildman–Crippen MR) is 117 cm³/mol. The molecule has 0 saturated heterocycles. The minimum atomic E-state index is -2.50. The molecule has 2 aromatic heterocycles. The molecule has 140 valence electrons. The van der Waals surface area contributed by atoms with E-state index in [4.69, 9.17) is 8.22 Å². The molecule has 1 unspecified atom stereocenters. The molecule has 1 atom stereocenters. The van der Waals surface area contributed by atoms with Crippen molar-refractivity contribution in [3.63, 3.8) is 0 Å². The van der Waals surface area contributed by atoms with Gasteiger partial charge in [0.15, 0.2) is 6.17 Å². The summed E-state index contributed by atoms with van der Waals surface area (Å²) in [4.78, 5) is 4.18. The third kappa shape index (κ3) is 3.20. The highest BCUT2D eigenvalue weighted by molar-refractivity contribution is 5.96. The van der Waals surface area contributed by atoms with E-state index >= 15 is 0 Å². The Morgan fingerprint density at radius 3 is 2.75 bits per heavy atom. The lowest BCUT2D eigenvalue weighted by atomic mass is 9.90. The first-order valence-corrected chi connectivity index (χ1v) is 9.30. The molecule has 2 aromatic carbocycles. The summed E-state index contributed by atoms with van der Waals surface area (Å²) in [5.41, 5.74) is 5.50. The second-order valence-electron chi connectivity index (χ2n) is 7.24. The summed E-state index contributed by atoms with van der Waals surface area (Å²) in [5.74, 6) is -1.79. The second kappa shape index (κ2) is 7.20. The molecule has 2 heteroatoms. The van der Waals surface area contributed by atoms with Crippen molar-refractivity contribution in [3.8, 4) is 22.4 Å². The Labute approximate surface area is 175 Å². The molecule has 0 radical (unpaired) electrons. The lowest BCUT2D eigenvalue weighted by Gasteiger charge is -2.15. The molecule has 0 amide bonds.